The van der Waals surface area contributed by atoms with Gasteiger partial charge in [-0.25, -0.2) is 0 Å². The average molecular weight is 349 g/mol. The number of aliphatic hydroxyl groups is 1. The summed E-state index contributed by atoms with van der Waals surface area (Å²) >= 11 is 4.35. The molecule has 0 aromatic rings. The zero-order chi connectivity index (χ0) is 4.99. The van der Waals surface area contributed by atoms with Crippen molar-refractivity contribution in [2.45, 2.75) is 19.8 Å². The summed E-state index contributed by atoms with van der Waals surface area (Å²) in [6, 6.07) is 0. The Labute approximate surface area is 121 Å². The number of aliphatic hydroxyl groups excluding tert-OH is 1. The standard InChI is InChI=1S/C4H8OS.Au.2Na.2H/c1-2-3-4(5)6;;;;;/h2-3H2,1H3,(H,5,6);;;;;. The van der Waals surface area contributed by atoms with Gasteiger partial charge in [0, 0.05) is 28.8 Å². The molecule has 9 heavy (non-hydrogen) atoms. The molecular formula is C4H10AuNa2OS. The fourth-order valence-electron chi connectivity index (χ4n) is 0.214. The van der Waals surface area contributed by atoms with Gasteiger partial charge in [0.15, 0.2) is 5.05 Å². The van der Waals surface area contributed by atoms with Crippen molar-refractivity contribution in [2.24, 2.45) is 0 Å². The first-order valence-corrected chi connectivity index (χ1v) is 2.40. The SMILES string of the molecule is CCCC(O)=S.[Au].[NaH].[NaH]. The van der Waals surface area contributed by atoms with E-state index < -0.39 is 0 Å². The summed E-state index contributed by atoms with van der Waals surface area (Å²) in [6.45, 7) is 1.97. The molecule has 0 heterocycles. The van der Waals surface area contributed by atoms with E-state index in [1.165, 1.54) is 0 Å². The molecule has 0 aromatic carbocycles. The average Bonchev–Trinajstić information content (AvgIpc) is 1.35. The van der Waals surface area contributed by atoms with Gasteiger partial charge in [-0.05, 0) is 18.6 Å². The van der Waals surface area contributed by atoms with Gasteiger partial charge in [0.05, 0.1) is 0 Å². The molecule has 1 nitrogen and oxygen atoms in total. The van der Waals surface area contributed by atoms with Crippen molar-refractivity contribution in [1.82, 2.24) is 0 Å². The zero-order valence-corrected chi connectivity index (χ0v) is 7.05. The quantitative estimate of drug-likeness (QED) is 0.575. The van der Waals surface area contributed by atoms with Crippen LogP contribution in [0.4, 0.5) is 0 Å². The summed E-state index contributed by atoms with van der Waals surface area (Å²) < 4.78 is 0. The van der Waals surface area contributed by atoms with E-state index in [1.54, 1.807) is 0 Å². The van der Waals surface area contributed by atoms with Gasteiger partial charge in [0.2, 0.25) is 0 Å². The van der Waals surface area contributed by atoms with Crippen LogP contribution in [0.5, 0.6) is 0 Å². The second kappa shape index (κ2) is 16.9. The third-order valence-corrected chi connectivity index (χ3v) is 0.668. The Morgan fingerprint density at radius 2 is 1.78 bits per heavy atom. The van der Waals surface area contributed by atoms with Gasteiger partial charge in [0.25, 0.3) is 0 Å². The number of thiocarbonyl (C=S) groups is 1. The van der Waals surface area contributed by atoms with Crippen LogP contribution in [-0.2, 0) is 22.4 Å². The van der Waals surface area contributed by atoms with Crippen LogP contribution in [0.25, 0.3) is 0 Å². The minimum atomic E-state index is 0. The number of hydrogen-bond acceptors (Lipinski definition) is 1. The third-order valence-electron chi connectivity index (χ3n) is 0.464. The topological polar surface area (TPSA) is 20.2 Å². The molecule has 0 rings (SSSR count). The predicted molar refractivity (Wildman–Crippen MR) is 44.4 cm³/mol. The molecule has 0 saturated heterocycles. The minimum absolute atomic E-state index is 0. The van der Waals surface area contributed by atoms with Crippen LogP contribution in [0, 0.1) is 0 Å². The molecule has 51 valence electrons. The molecule has 0 aliphatic rings. The Bertz CT molecular complexity index is 62.5. The molecule has 0 atom stereocenters. The first-order valence-electron chi connectivity index (χ1n) is 1.99. The molecule has 0 aromatic heterocycles. The molecule has 0 aliphatic heterocycles. The maximum atomic E-state index is 8.28. The van der Waals surface area contributed by atoms with Crippen LogP contribution in [0.1, 0.15) is 19.8 Å². The molecular weight excluding hydrogens is 339 g/mol. The van der Waals surface area contributed by atoms with Crippen molar-refractivity contribution in [2.75, 3.05) is 0 Å². The van der Waals surface area contributed by atoms with E-state index in [1.807, 2.05) is 6.92 Å². The van der Waals surface area contributed by atoms with Gasteiger partial charge in [-0.1, -0.05) is 6.92 Å². The first kappa shape index (κ1) is 22.6. The first-order chi connectivity index (χ1) is 2.77. The van der Waals surface area contributed by atoms with Gasteiger partial charge in [0.1, 0.15) is 0 Å². The second-order valence-corrected chi connectivity index (χ2v) is 1.61. The summed E-state index contributed by atoms with van der Waals surface area (Å²) in [6.07, 6.45) is 1.60. The summed E-state index contributed by atoms with van der Waals surface area (Å²) in [5.74, 6) is 0. The van der Waals surface area contributed by atoms with Crippen LogP contribution in [0.15, 0.2) is 0 Å². The molecule has 5 heteroatoms. The van der Waals surface area contributed by atoms with Crippen molar-refractivity contribution in [3.05, 3.63) is 0 Å². The van der Waals surface area contributed by atoms with E-state index in [0.29, 0.717) is 6.42 Å². The molecule has 0 saturated carbocycles. The van der Waals surface area contributed by atoms with Gasteiger partial charge in [-0.15, -0.1) is 0 Å². The molecule has 0 unspecified atom stereocenters. The molecule has 0 aliphatic carbocycles. The van der Waals surface area contributed by atoms with E-state index in [2.05, 4.69) is 12.2 Å². The molecule has 1 N–H and O–H groups in total. The Morgan fingerprint density at radius 3 is 1.78 bits per heavy atom. The Morgan fingerprint density at radius 1 is 1.44 bits per heavy atom. The molecule has 0 spiro atoms. The zero-order valence-electron chi connectivity index (χ0n) is 4.07. The fourth-order valence-corrected chi connectivity index (χ4v) is 0.418. The molecule has 0 amide bonds. The summed E-state index contributed by atoms with van der Waals surface area (Å²) in [5.41, 5.74) is 0. The van der Waals surface area contributed by atoms with Crippen molar-refractivity contribution in [3.8, 4) is 0 Å². The van der Waals surface area contributed by atoms with E-state index in [0.717, 1.165) is 6.42 Å². The second-order valence-electron chi connectivity index (χ2n) is 1.14. The van der Waals surface area contributed by atoms with Gasteiger partial charge in [-0.3, -0.25) is 0 Å². The predicted octanol–water partition coefficient (Wildman–Crippen LogP) is 0.372. The van der Waals surface area contributed by atoms with Crippen LogP contribution in [-0.4, -0.2) is 69.3 Å². The Kier molecular flexibility index (Phi) is 42.5. The Balaban J connectivity index is -0.0000000417. The monoisotopic (exact) mass is 349 g/mol. The van der Waals surface area contributed by atoms with Crippen molar-refractivity contribution < 1.29 is 27.5 Å². The summed E-state index contributed by atoms with van der Waals surface area (Å²) in [7, 11) is 0. The maximum absolute atomic E-state index is 8.28. The van der Waals surface area contributed by atoms with E-state index in [-0.39, 0.29) is 86.5 Å². The summed E-state index contributed by atoms with van der Waals surface area (Å²) in [5, 5.41) is 8.41. The third kappa shape index (κ3) is 25.0. The molecule has 0 bridgehead atoms. The van der Waals surface area contributed by atoms with Crippen LogP contribution in [0.2, 0.25) is 0 Å². The summed E-state index contributed by atoms with van der Waals surface area (Å²) in [4.78, 5) is 0. The normalized spacial score (nSPS) is 5.44. The van der Waals surface area contributed by atoms with Crippen LogP contribution >= 0.6 is 12.2 Å². The molecule has 0 fully saturated rings. The van der Waals surface area contributed by atoms with Crippen LogP contribution < -0.4 is 0 Å². The Hall–Kier alpha value is 2.63. The van der Waals surface area contributed by atoms with Crippen LogP contribution in [0.3, 0.4) is 0 Å². The van der Waals surface area contributed by atoms with Gasteiger partial charge >= 0.3 is 59.1 Å². The van der Waals surface area contributed by atoms with Gasteiger partial charge in [-0.2, -0.15) is 0 Å². The molecule has 1 radical (unpaired) electrons. The number of hydrogen-bond donors (Lipinski definition) is 1. The van der Waals surface area contributed by atoms with E-state index >= 15 is 0 Å². The number of rotatable bonds is 2. The van der Waals surface area contributed by atoms with E-state index in [9.17, 15) is 0 Å². The van der Waals surface area contributed by atoms with Crippen molar-refractivity contribution >= 4 is 76.4 Å². The van der Waals surface area contributed by atoms with Crippen molar-refractivity contribution in [3.63, 3.8) is 0 Å². The van der Waals surface area contributed by atoms with E-state index in [4.69, 9.17) is 5.11 Å². The van der Waals surface area contributed by atoms with Gasteiger partial charge < -0.3 is 5.11 Å². The fraction of sp³-hybridized carbons (Fsp3) is 0.750. The van der Waals surface area contributed by atoms with Crippen molar-refractivity contribution in [1.29, 1.82) is 0 Å².